The van der Waals surface area contributed by atoms with Gasteiger partial charge in [0.2, 0.25) is 11.7 Å². The smallest absolute Gasteiger partial charge is 0.290 e. The lowest BCUT2D eigenvalue weighted by atomic mass is 10.3. The number of hydrogen-bond acceptors (Lipinski definition) is 5. The maximum Gasteiger partial charge on any atom is 0.290 e. The zero-order chi connectivity index (χ0) is 13.7. The summed E-state index contributed by atoms with van der Waals surface area (Å²) in [5.41, 5.74) is 0. The number of carbonyl (C=O) groups excluding carboxylic acids is 2. The third kappa shape index (κ3) is 3.75. The minimum atomic E-state index is -0.376. The number of aromatic nitrogens is 3. The van der Waals surface area contributed by atoms with E-state index in [-0.39, 0.29) is 30.6 Å². The van der Waals surface area contributed by atoms with Gasteiger partial charge >= 0.3 is 0 Å². The number of aryl methyl sites for hydroxylation is 1. The number of amides is 2. The van der Waals surface area contributed by atoms with Crippen molar-refractivity contribution in [1.82, 2.24) is 25.4 Å². The summed E-state index contributed by atoms with van der Waals surface area (Å²) in [6.45, 7) is 4.39. The van der Waals surface area contributed by atoms with Crippen molar-refractivity contribution in [3.63, 3.8) is 0 Å². The summed E-state index contributed by atoms with van der Waals surface area (Å²) in [5, 5.41) is 8.95. The molecule has 2 amide bonds. The highest BCUT2D eigenvalue weighted by Crippen LogP contribution is 1.99. The quantitative estimate of drug-likeness (QED) is 0.735. The fraction of sp³-hybridized carbons (Fsp3) is 0.636. The third-order valence-corrected chi connectivity index (χ3v) is 2.79. The van der Waals surface area contributed by atoms with E-state index in [9.17, 15) is 9.59 Å². The number of hydrogen-bond donors (Lipinski definition) is 2. The van der Waals surface area contributed by atoms with Crippen LogP contribution in [0.1, 0.15) is 22.9 Å². The standard InChI is InChI=1S/C11H17N5O3/c1-8-13-10(15-14-8)11(18)12-3-2-9(17)16-4-6-19-7-5-16/h2-7H2,1H3,(H,12,18)(H,13,14,15). The molecule has 1 aliphatic rings. The van der Waals surface area contributed by atoms with E-state index in [0.717, 1.165) is 0 Å². The number of aromatic amines is 1. The number of morpholine rings is 1. The molecule has 2 N–H and O–H groups in total. The fourth-order valence-corrected chi connectivity index (χ4v) is 1.78. The summed E-state index contributed by atoms with van der Waals surface area (Å²) in [6, 6.07) is 0. The van der Waals surface area contributed by atoms with E-state index in [1.165, 1.54) is 0 Å². The van der Waals surface area contributed by atoms with Crippen LogP contribution in [0, 0.1) is 6.92 Å². The predicted molar refractivity (Wildman–Crippen MR) is 65.5 cm³/mol. The highest BCUT2D eigenvalue weighted by molar-refractivity contribution is 5.90. The average Bonchev–Trinajstić information content (AvgIpc) is 2.86. The Morgan fingerprint density at radius 1 is 1.42 bits per heavy atom. The van der Waals surface area contributed by atoms with Gasteiger partial charge in [-0.25, -0.2) is 4.98 Å². The number of ether oxygens (including phenoxy) is 1. The van der Waals surface area contributed by atoms with Gasteiger partial charge in [-0.05, 0) is 6.92 Å². The molecule has 0 saturated carbocycles. The number of nitrogens with one attached hydrogen (secondary N) is 2. The van der Waals surface area contributed by atoms with Crippen LogP contribution in [0.2, 0.25) is 0 Å². The van der Waals surface area contributed by atoms with Gasteiger partial charge in [-0.15, -0.1) is 5.10 Å². The Labute approximate surface area is 110 Å². The lowest BCUT2D eigenvalue weighted by molar-refractivity contribution is -0.135. The predicted octanol–water partition coefficient (Wildman–Crippen LogP) is -0.908. The summed E-state index contributed by atoms with van der Waals surface area (Å²) in [6.07, 6.45) is 0.273. The Morgan fingerprint density at radius 2 is 2.16 bits per heavy atom. The molecule has 1 fully saturated rings. The Hall–Kier alpha value is -1.96. The van der Waals surface area contributed by atoms with E-state index in [2.05, 4.69) is 20.5 Å². The van der Waals surface area contributed by atoms with Crippen LogP contribution in [0.3, 0.4) is 0 Å². The van der Waals surface area contributed by atoms with Gasteiger partial charge in [-0.2, -0.15) is 0 Å². The highest BCUT2D eigenvalue weighted by atomic mass is 16.5. The molecule has 2 heterocycles. The van der Waals surface area contributed by atoms with Crippen molar-refractivity contribution >= 4 is 11.8 Å². The second-order valence-electron chi connectivity index (χ2n) is 4.24. The molecule has 1 aromatic heterocycles. The molecule has 1 aliphatic heterocycles. The Morgan fingerprint density at radius 3 is 2.79 bits per heavy atom. The number of H-pyrrole nitrogens is 1. The van der Waals surface area contributed by atoms with E-state index in [1.807, 2.05) is 0 Å². The van der Waals surface area contributed by atoms with Crippen LogP contribution in [0.15, 0.2) is 0 Å². The lowest BCUT2D eigenvalue weighted by Gasteiger charge is -2.26. The van der Waals surface area contributed by atoms with Crippen LogP contribution in [0.5, 0.6) is 0 Å². The molecule has 2 rings (SSSR count). The molecule has 8 heteroatoms. The number of carbonyl (C=O) groups is 2. The first kappa shape index (κ1) is 13.5. The Bertz CT molecular complexity index is 453. The Kier molecular flexibility index (Phi) is 4.45. The first-order chi connectivity index (χ1) is 9.16. The van der Waals surface area contributed by atoms with E-state index in [1.54, 1.807) is 11.8 Å². The van der Waals surface area contributed by atoms with E-state index < -0.39 is 0 Å². The van der Waals surface area contributed by atoms with Gasteiger partial charge in [0.15, 0.2) is 0 Å². The minimum Gasteiger partial charge on any atom is -0.378 e. The zero-order valence-corrected chi connectivity index (χ0v) is 10.8. The lowest BCUT2D eigenvalue weighted by Crippen LogP contribution is -2.42. The van der Waals surface area contributed by atoms with Crippen molar-refractivity contribution in [3.05, 3.63) is 11.6 Å². The maximum absolute atomic E-state index is 11.8. The molecule has 0 atom stereocenters. The first-order valence-electron chi connectivity index (χ1n) is 6.19. The zero-order valence-electron chi connectivity index (χ0n) is 10.8. The minimum absolute atomic E-state index is 0.0229. The molecule has 0 aliphatic carbocycles. The molecule has 19 heavy (non-hydrogen) atoms. The molecule has 0 radical (unpaired) electrons. The molecule has 0 bridgehead atoms. The van der Waals surface area contributed by atoms with E-state index in [0.29, 0.717) is 32.1 Å². The molecule has 1 aromatic rings. The van der Waals surface area contributed by atoms with Gasteiger partial charge in [0.25, 0.3) is 5.91 Å². The van der Waals surface area contributed by atoms with Gasteiger partial charge in [-0.1, -0.05) is 0 Å². The molecular weight excluding hydrogens is 250 g/mol. The molecule has 1 saturated heterocycles. The van der Waals surface area contributed by atoms with Gasteiger partial charge < -0.3 is 15.0 Å². The third-order valence-electron chi connectivity index (χ3n) is 2.79. The van der Waals surface area contributed by atoms with Gasteiger partial charge in [0, 0.05) is 26.1 Å². The average molecular weight is 267 g/mol. The second-order valence-corrected chi connectivity index (χ2v) is 4.24. The largest absolute Gasteiger partial charge is 0.378 e. The SMILES string of the molecule is Cc1nc(C(=O)NCCC(=O)N2CCOCC2)n[nH]1. The summed E-state index contributed by atoms with van der Waals surface area (Å²) in [5.74, 6) is 0.319. The van der Waals surface area contributed by atoms with Crippen LogP contribution in [0.4, 0.5) is 0 Å². The number of rotatable bonds is 4. The van der Waals surface area contributed by atoms with Gasteiger partial charge in [0.1, 0.15) is 5.82 Å². The molecule has 8 nitrogen and oxygen atoms in total. The normalized spacial score (nSPS) is 15.3. The summed E-state index contributed by atoms with van der Waals surface area (Å²) < 4.78 is 5.17. The van der Waals surface area contributed by atoms with Crippen LogP contribution in [0.25, 0.3) is 0 Å². The Balaban J connectivity index is 1.71. The summed E-state index contributed by atoms with van der Waals surface area (Å²) in [7, 11) is 0. The summed E-state index contributed by atoms with van der Waals surface area (Å²) >= 11 is 0. The first-order valence-corrected chi connectivity index (χ1v) is 6.19. The number of nitrogens with zero attached hydrogens (tertiary/aromatic N) is 3. The van der Waals surface area contributed by atoms with E-state index >= 15 is 0 Å². The van der Waals surface area contributed by atoms with Gasteiger partial charge in [-0.3, -0.25) is 14.7 Å². The van der Waals surface area contributed by atoms with Crippen LogP contribution in [-0.4, -0.2) is 64.7 Å². The fourth-order valence-electron chi connectivity index (χ4n) is 1.78. The van der Waals surface area contributed by atoms with E-state index in [4.69, 9.17) is 4.74 Å². The molecular formula is C11H17N5O3. The van der Waals surface area contributed by atoms with Crippen LogP contribution < -0.4 is 5.32 Å². The van der Waals surface area contributed by atoms with Crippen molar-refractivity contribution in [2.75, 3.05) is 32.8 Å². The van der Waals surface area contributed by atoms with Gasteiger partial charge in [0.05, 0.1) is 13.2 Å². The van der Waals surface area contributed by atoms with Crippen molar-refractivity contribution in [2.45, 2.75) is 13.3 Å². The van der Waals surface area contributed by atoms with Crippen molar-refractivity contribution in [2.24, 2.45) is 0 Å². The molecule has 0 unspecified atom stereocenters. The summed E-state index contributed by atoms with van der Waals surface area (Å²) in [4.78, 5) is 29.1. The van der Waals surface area contributed by atoms with Crippen LogP contribution in [-0.2, 0) is 9.53 Å². The monoisotopic (exact) mass is 267 g/mol. The molecule has 0 aromatic carbocycles. The van der Waals surface area contributed by atoms with Crippen LogP contribution >= 0.6 is 0 Å². The second kappa shape index (κ2) is 6.28. The molecule has 0 spiro atoms. The van der Waals surface area contributed by atoms with Crippen molar-refractivity contribution < 1.29 is 14.3 Å². The van der Waals surface area contributed by atoms with Crippen molar-refractivity contribution in [1.29, 1.82) is 0 Å². The van der Waals surface area contributed by atoms with Crippen molar-refractivity contribution in [3.8, 4) is 0 Å². The topological polar surface area (TPSA) is 100 Å². The maximum atomic E-state index is 11.8. The highest BCUT2D eigenvalue weighted by Gasteiger charge is 2.17. The molecule has 104 valence electrons.